The zero-order chi connectivity index (χ0) is 15.2. The van der Waals surface area contributed by atoms with E-state index in [4.69, 9.17) is 4.74 Å². The molecule has 0 saturated carbocycles. The van der Waals surface area contributed by atoms with E-state index in [1.807, 2.05) is 36.5 Å². The zero-order valence-corrected chi connectivity index (χ0v) is 12.4. The van der Waals surface area contributed by atoms with Crippen LogP contribution in [0.15, 0.2) is 61.1 Å². The molecule has 0 aliphatic heterocycles. The molecule has 0 spiro atoms. The molecule has 112 valence electrons. The summed E-state index contributed by atoms with van der Waals surface area (Å²) in [6.45, 7) is 1.44. The van der Waals surface area contributed by atoms with Gasteiger partial charge >= 0.3 is 0 Å². The average Bonchev–Trinajstić information content (AvgIpc) is 3.10. The molecule has 3 rings (SSSR count). The van der Waals surface area contributed by atoms with Crippen molar-refractivity contribution >= 4 is 0 Å². The molecule has 1 aromatic carbocycles. The first-order valence-corrected chi connectivity index (χ1v) is 7.15. The van der Waals surface area contributed by atoms with Gasteiger partial charge in [-0.2, -0.15) is 5.10 Å². The molecule has 0 atom stereocenters. The van der Waals surface area contributed by atoms with Gasteiger partial charge in [0.25, 0.3) is 0 Å². The molecule has 0 aliphatic carbocycles. The van der Waals surface area contributed by atoms with Crippen LogP contribution < -0.4 is 10.1 Å². The summed E-state index contributed by atoms with van der Waals surface area (Å²) in [6.07, 6.45) is 5.42. The standard InChI is InChI=1S/C17H18N4O/c1-22-16-8-3-2-6-14(16)12-18-13-15-7-4-9-19-17(15)21-11-5-10-20-21/h2-11,18H,12-13H2,1H3. The maximum atomic E-state index is 5.36. The lowest BCUT2D eigenvalue weighted by atomic mass is 10.2. The van der Waals surface area contributed by atoms with Crippen molar-refractivity contribution in [2.45, 2.75) is 13.1 Å². The summed E-state index contributed by atoms with van der Waals surface area (Å²) in [7, 11) is 1.69. The highest BCUT2D eigenvalue weighted by Crippen LogP contribution is 2.17. The van der Waals surface area contributed by atoms with Crippen LogP contribution in [0.2, 0.25) is 0 Å². The molecule has 0 saturated heterocycles. The van der Waals surface area contributed by atoms with Crippen molar-refractivity contribution in [1.82, 2.24) is 20.1 Å². The number of nitrogens with one attached hydrogen (secondary N) is 1. The quantitative estimate of drug-likeness (QED) is 0.759. The number of rotatable bonds is 6. The first kappa shape index (κ1) is 14.3. The summed E-state index contributed by atoms with van der Waals surface area (Å²) in [6, 6.07) is 13.9. The molecule has 0 radical (unpaired) electrons. The van der Waals surface area contributed by atoms with Crippen LogP contribution in [0.4, 0.5) is 0 Å². The molecule has 2 heterocycles. The number of para-hydroxylation sites is 1. The molecular weight excluding hydrogens is 276 g/mol. The molecule has 0 unspecified atom stereocenters. The lowest BCUT2D eigenvalue weighted by molar-refractivity contribution is 0.407. The van der Waals surface area contributed by atoms with Crippen LogP contribution in [-0.2, 0) is 13.1 Å². The predicted molar refractivity (Wildman–Crippen MR) is 84.9 cm³/mol. The van der Waals surface area contributed by atoms with Gasteiger partial charge in [-0.15, -0.1) is 0 Å². The number of hydrogen-bond donors (Lipinski definition) is 1. The minimum absolute atomic E-state index is 0.709. The number of pyridine rings is 1. The fourth-order valence-electron chi connectivity index (χ4n) is 2.35. The third kappa shape index (κ3) is 3.15. The molecule has 3 aromatic rings. The molecule has 0 amide bonds. The van der Waals surface area contributed by atoms with Gasteiger partial charge in [0.1, 0.15) is 5.75 Å². The first-order chi connectivity index (χ1) is 10.9. The van der Waals surface area contributed by atoms with Gasteiger partial charge in [-0.3, -0.25) is 0 Å². The van der Waals surface area contributed by atoms with Gasteiger partial charge in [0.15, 0.2) is 5.82 Å². The second-order valence-corrected chi connectivity index (χ2v) is 4.85. The van der Waals surface area contributed by atoms with E-state index in [-0.39, 0.29) is 0 Å². The minimum atomic E-state index is 0.709. The van der Waals surface area contributed by atoms with Crippen LogP contribution in [-0.4, -0.2) is 21.9 Å². The monoisotopic (exact) mass is 294 g/mol. The molecule has 5 heteroatoms. The summed E-state index contributed by atoms with van der Waals surface area (Å²) < 4.78 is 7.14. The molecule has 22 heavy (non-hydrogen) atoms. The molecule has 5 nitrogen and oxygen atoms in total. The highest BCUT2D eigenvalue weighted by atomic mass is 16.5. The fraction of sp³-hybridized carbons (Fsp3) is 0.176. The lowest BCUT2D eigenvalue weighted by Gasteiger charge is -2.11. The van der Waals surface area contributed by atoms with E-state index in [9.17, 15) is 0 Å². The number of aromatic nitrogens is 3. The van der Waals surface area contributed by atoms with E-state index in [0.717, 1.165) is 29.2 Å². The second kappa shape index (κ2) is 6.87. The smallest absolute Gasteiger partial charge is 0.157 e. The fourth-order valence-corrected chi connectivity index (χ4v) is 2.35. The molecular formula is C17H18N4O. The summed E-state index contributed by atoms with van der Waals surface area (Å²) in [4.78, 5) is 4.42. The summed E-state index contributed by atoms with van der Waals surface area (Å²) in [5, 5.41) is 7.68. The Balaban J connectivity index is 1.70. The van der Waals surface area contributed by atoms with Crippen LogP contribution in [0.3, 0.4) is 0 Å². The van der Waals surface area contributed by atoms with Crippen molar-refractivity contribution in [3.8, 4) is 11.6 Å². The van der Waals surface area contributed by atoms with Crippen molar-refractivity contribution in [2.75, 3.05) is 7.11 Å². The predicted octanol–water partition coefficient (Wildman–Crippen LogP) is 2.57. The molecule has 0 fully saturated rings. The Morgan fingerprint density at radius 1 is 1.00 bits per heavy atom. The van der Waals surface area contributed by atoms with Gasteiger partial charge in [-0.05, 0) is 18.2 Å². The maximum absolute atomic E-state index is 5.36. The van der Waals surface area contributed by atoms with Gasteiger partial charge in [-0.1, -0.05) is 24.3 Å². The Morgan fingerprint density at radius 3 is 2.64 bits per heavy atom. The van der Waals surface area contributed by atoms with E-state index in [0.29, 0.717) is 6.54 Å². The highest BCUT2D eigenvalue weighted by molar-refractivity contribution is 5.34. The number of ether oxygens (including phenoxy) is 1. The molecule has 2 aromatic heterocycles. The number of hydrogen-bond acceptors (Lipinski definition) is 4. The van der Waals surface area contributed by atoms with E-state index in [1.54, 1.807) is 24.2 Å². The summed E-state index contributed by atoms with van der Waals surface area (Å²) >= 11 is 0. The van der Waals surface area contributed by atoms with Gasteiger partial charge in [0.2, 0.25) is 0 Å². The Bertz CT molecular complexity index is 725. The molecule has 0 aliphatic rings. The van der Waals surface area contributed by atoms with Gasteiger partial charge < -0.3 is 10.1 Å². The van der Waals surface area contributed by atoms with E-state index < -0.39 is 0 Å². The largest absolute Gasteiger partial charge is 0.496 e. The minimum Gasteiger partial charge on any atom is -0.496 e. The van der Waals surface area contributed by atoms with Gasteiger partial charge in [0.05, 0.1) is 7.11 Å². The maximum Gasteiger partial charge on any atom is 0.157 e. The van der Waals surface area contributed by atoms with E-state index in [2.05, 4.69) is 27.5 Å². The molecule has 1 N–H and O–H groups in total. The SMILES string of the molecule is COc1ccccc1CNCc1cccnc1-n1cccn1. The van der Waals surface area contributed by atoms with Gasteiger partial charge in [0, 0.05) is 42.8 Å². The van der Waals surface area contributed by atoms with Crippen molar-refractivity contribution < 1.29 is 4.74 Å². The normalized spacial score (nSPS) is 10.6. The topological polar surface area (TPSA) is 52.0 Å². The van der Waals surface area contributed by atoms with Crippen LogP contribution in [0.25, 0.3) is 5.82 Å². The van der Waals surface area contributed by atoms with Crippen molar-refractivity contribution in [3.05, 3.63) is 72.2 Å². The summed E-state index contributed by atoms with van der Waals surface area (Å²) in [5.41, 5.74) is 2.23. The number of nitrogens with zero attached hydrogens (tertiary/aromatic N) is 3. The average molecular weight is 294 g/mol. The molecule has 0 bridgehead atoms. The van der Waals surface area contributed by atoms with Crippen LogP contribution in [0, 0.1) is 0 Å². The van der Waals surface area contributed by atoms with Crippen molar-refractivity contribution in [1.29, 1.82) is 0 Å². The Morgan fingerprint density at radius 2 is 1.82 bits per heavy atom. The van der Waals surface area contributed by atoms with Crippen molar-refractivity contribution in [2.24, 2.45) is 0 Å². The Kier molecular flexibility index (Phi) is 4.46. The zero-order valence-electron chi connectivity index (χ0n) is 12.4. The number of benzene rings is 1. The Hall–Kier alpha value is -2.66. The third-order valence-electron chi connectivity index (χ3n) is 3.41. The number of methoxy groups -OCH3 is 1. The van der Waals surface area contributed by atoms with Crippen LogP contribution in [0.5, 0.6) is 5.75 Å². The van der Waals surface area contributed by atoms with E-state index in [1.165, 1.54) is 0 Å². The van der Waals surface area contributed by atoms with E-state index >= 15 is 0 Å². The third-order valence-corrected chi connectivity index (χ3v) is 3.41. The van der Waals surface area contributed by atoms with Gasteiger partial charge in [-0.25, -0.2) is 9.67 Å². The highest BCUT2D eigenvalue weighted by Gasteiger charge is 2.06. The second-order valence-electron chi connectivity index (χ2n) is 4.85. The lowest BCUT2D eigenvalue weighted by Crippen LogP contribution is -2.15. The van der Waals surface area contributed by atoms with Crippen molar-refractivity contribution in [3.63, 3.8) is 0 Å². The van der Waals surface area contributed by atoms with Crippen LogP contribution >= 0.6 is 0 Å². The Labute approximate surface area is 129 Å². The summed E-state index contributed by atoms with van der Waals surface area (Å²) in [5.74, 6) is 1.74. The first-order valence-electron chi connectivity index (χ1n) is 7.15. The van der Waals surface area contributed by atoms with Crippen LogP contribution in [0.1, 0.15) is 11.1 Å².